The molecule has 0 unspecified atom stereocenters. The molecule has 4 aromatic rings. The van der Waals surface area contributed by atoms with Crippen LogP contribution in [0.1, 0.15) is 16.1 Å². The molecule has 0 N–H and O–H groups in total. The number of hydrogen-bond acceptors (Lipinski definition) is 5. The van der Waals surface area contributed by atoms with Crippen molar-refractivity contribution in [2.45, 2.75) is 6.92 Å². The number of carbonyl (C=O) groups excluding carboxylic acids is 1. The van der Waals surface area contributed by atoms with Crippen molar-refractivity contribution in [2.24, 2.45) is 0 Å². The molecule has 0 aliphatic rings. The minimum absolute atomic E-state index is 0.179. The number of para-hydroxylation sites is 1. The molecule has 6 heteroatoms. The van der Waals surface area contributed by atoms with Crippen molar-refractivity contribution < 1.29 is 18.7 Å². The van der Waals surface area contributed by atoms with Crippen LogP contribution in [0.25, 0.3) is 22.1 Å². The fraction of sp³-hybridized carbons (Fsp3) is 0.0833. The summed E-state index contributed by atoms with van der Waals surface area (Å²) in [5.41, 5.74) is 1.67. The van der Waals surface area contributed by atoms with Gasteiger partial charge in [-0.1, -0.05) is 30.3 Å². The summed E-state index contributed by atoms with van der Waals surface area (Å²) in [5, 5.41) is 0.391. The molecule has 150 valence electrons. The van der Waals surface area contributed by atoms with Gasteiger partial charge in [0.15, 0.2) is 0 Å². The van der Waals surface area contributed by atoms with Gasteiger partial charge in [-0.2, -0.15) is 0 Å². The summed E-state index contributed by atoms with van der Waals surface area (Å²) in [5.74, 6) is 0.819. The molecule has 0 bridgehead atoms. The Labute approximate surface area is 181 Å². The van der Waals surface area contributed by atoms with Gasteiger partial charge in [-0.3, -0.25) is 4.79 Å². The summed E-state index contributed by atoms with van der Waals surface area (Å²) in [6, 6.07) is 19.0. The first-order valence-electron chi connectivity index (χ1n) is 9.17. The Bertz CT molecular complexity index is 1320. The van der Waals surface area contributed by atoms with E-state index in [4.69, 9.17) is 13.9 Å². The van der Waals surface area contributed by atoms with Gasteiger partial charge in [0.2, 0.25) is 5.43 Å². The number of ether oxygens (including phenoxy) is 2. The predicted octanol–water partition coefficient (Wildman–Crippen LogP) is 5.76. The van der Waals surface area contributed by atoms with Gasteiger partial charge in [-0.25, -0.2) is 4.79 Å². The van der Waals surface area contributed by atoms with Gasteiger partial charge in [-0.15, -0.1) is 0 Å². The second kappa shape index (κ2) is 8.16. The molecule has 4 rings (SSSR count). The maximum absolute atomic E-state index is 13.2. The molecule has 0 fully saturated rings. The molecule has 0 radical (unpaired) electrons. The van der Waals surface area contributed by atoms with E-state index in [-0.39, 0.29) is 11.2 Å². The lowest BCUT2D eigenvalue weighted by atomic mass is 10.0. The summed E-state index contributed by atoms with van der Waals surface area (Å²) in [6.07, 6.45) is 0. The molecule has 5 nitrogen and oxygen atoms in total. The van der Waals surface area contributed by atoms with Crippen LogP contribution in [-0.4, -0.2) is 13.1 Å². The van der Waals surface area contributed by atoms with Crippen LogP contribution in [0.5, 0.6) is 11.5 Å². The Kier molecular flexibility index (Phi) is 5.42. The van der Waals surface area contributed by atoms with E-state index in [9.17, 15) is 9.59 Å². The van der Waals surface area contributed by atoms with E-state index in [0.29, 0.717) is 43.6 Å². The van der Waals surface area contributed by atoms with Gasteiger partial charge in [-0.05, 0) is 53.2 Å². The summed E-state index contributed by atoms with van der Waals surface area (Å²) in [7, 11) is 1.56. The molecule has 3 aromatic carbocycles. The third-order valence-electron chi connectivity index (χ3n) is 4.72. The summed E-state index contributed by atoms with van der Waals surface area (Å²) >= 11 is 3.34. The Morgan fingerprint density at radius 3 is 2.50 bits per heavy atom. The average Bonchev–Trinajstić information content (AvgIpc) is 2.74. The lowest BCUT2D eigenvalue weighted by molar-refractivity contribution is 0.0734. The molecule has 0 saturated heterocycles. The van der Waals surface area contributed by atoms with Gasteiger partial charge >= 0.3 is 5.97 Å². The number of carbonyl (C=O) groups is 1. The van der Waals surface area contributed by atoms with Gasteiger partial charge in [0.05, 0.1) is 23.6 Å². The predicted molar refractivity (Wildman–Crippen MR) is 118 cm³/mol. The van der Waals surface area contributed by atoms with Crippen LogP contribution in [0.2, 0.25) is 0 Å². The molecule has 0 atom stereocenters. The number of rotatable bonds is 4. The molecule has 0 saturated carbocycles. The van der Waals surface area contributed by atoms with Crippen molar-refractivity contribution in [3.8, 4) is 22.6 Å². The maximum atomic E-state index is 13.2. The van der Waals surface area contributed by atoms with E-state index >= 15 is 0 Å². The molecule has 0 spiro atoms. The maximum Gasteiger partial charge on any atom is 0.344 e. The van der Waals surface area contributed by atoms with Crippen molar-refractivity contribution in [1.29, 1.82) is 0 Å². The molecule has 0 aliphatic heterocycles. The van der Waals surface area contributed by atoms with Crippen molar-refractivity contribution in [3.05, 3.63) is 92.7 Å². The minimum Gasteiger partial charge on any atom is -0.496 e. The zero-order chi connectivity index (χ0) is 21.3. The van der Waals surface area contributed by atoms with Gasteiger partial charge < -0.3 is 13.9 Å². The average molecular weight is 465 g/mol. The molecule has 1 heterocycles. The second-order valence-electron chi connectivity index (χ2n) is 6.59. The smallest absolute Gasteiger partial charge is 0.344 e. The van der Waals surface area contributed by atoms with E-state index < -0.39 is 5.97 Å². The highest BCUT2D eigenvalue weighted by atomic mass is 79.9. The second-order valence-corrected chi connectivity index (χ2v) is 7.44. The largest absolute Gasteiger partial charge is 0.496 e. The normalized spacial score (nSPS) is 10.8. The highest BCUT2D eigenvalue weighted by Gasteiger charge is 2.18. The van der Waals surface area contributed by atoms with E-state index in [1.807, 2.05) is 24.3 Å². The molecule has 0 amide bonds. The third-order valence-corrected chi connectivity index (χ3v) is 5.41. The van der Waals surface area contributed by atoms with E-state index in [1.54, 1.807) is 56.5 Å². The van der Waals surface area contributed by atoms with Crippen molar-refractivity contribution in [1.82, 2.24) is 0 Å². The third kappa shape index (κ3) is 3.62. The number of hydrogen-bond donors (Lipinski definition) is 0. The molecular formula is C24H17BrO5. The van der Waals surface area contributed by atoms with E-state index in [2.05, 4.69) is 15.9 Å². The minimum atomic E-state index is -0.508. The lowest BCUT2D eigenvalue weighted by Gasteiger charge is -2.11. The van der Waals surface area contributed by atoms with Crippen LogP contribution in [-0.2, 0) is 0 Å². The number of esters is 1. The zero-order valence-corrected chi connectivity index (χ0v) is 17.9. The Morgan fingerprint density at radius 1 is 1.00 bits per heavy atom. The Hall–Kier alpha value is -3.38. The Balaban J connectivity index is 1.76. The van der Waals surface area contributed by atoms with Crippen LogP contribution in [0.4, 0.5) is 0 Å². The van der Waals surface area contributed by atoms with Crippen LogP contribution < -0.4 is 14.9 Å². The number of benzene rings is 3. The first-order valence-corrected chi connectivity index (χ1v) is 9.96. The number of halogens is 1. The van der Waals surface area contributed by atoms with Crippen LogP contribution >= 0.6 is 15.9 Å². The molecule has 0 aliphatic carbocycles. The monoisotopic (exact) mass is 464 g/mol. The Morgan fingerprint density at radius 2 is 1.73 bits per heavy atom. The SMILES string of the molecule is COc1ccccc1-c1c(C)oc2cc(OC(=O)c3ccccc3Br)ccc2c1=O. The fourth-order valence-corrected chi connectivity index (χ4v) is 3.75. The first kappa shape index (κ1) is 19.9. The lowest BCUT2D eigenvalue weighted by Crippen LogP contribution is -2.10. The van der Waals surface area contributed by atoms with Gasteiger partial charge in [0.1, 0.15) is 22.8 Å². The first-order chi connectivity index (χ1) is 14.5. The molecule has 30 heavy (non-hydrogen) atoms. The summed E-state index contributed by atoms with van der Waals surface area (Å²) in [4.78, 5) is 25.6. The summed E-state index contributed by atoms with van der Waals surface area (Å²) in [6.45, 7) is 1.72. The number of methoxy groups -OCH3 is 1. The van der Waals surface area contributed by atoms with Gasteiger partial charge in [0.25, 0.3) is 0 Å². The van der Waals surface area contributed by atoms with Crippen molar-refractivity contribution >= 4 is 32.9 Å². The molecule has 1 aromatic heterocycles. The highest BCUT2D eigenvalue weighted by Crippen LogP contribution is 2.32. The van der Waals surface area contributed by atoms with E-state index in [0.717, 1.165) is 0 Å². The summed E-state index contributed by atoms with van der Waals surface area (Å²) < 4.78 is 17.4. The quantitative estimate of drug-likeness (QED) is 0.283. The van der Waals surface area contributed by atoms with E-state index in [1.165, 1.54) is 0 Å². The standard InChI is InChI=1S/C24H17BrO5/c1-14-22(17-8-4-6-10-20(17)28-2)23(26)18-12-11-15(13-21(18)29-14)30-24(27)16-7-3-5-9-19(16)25/h3-13H,1-2H3. The topological polar surface area (TPSA) is 65.7 Å². The highest BCUT2D eigenvalue weighted by molar-refractivity contribution is 9.10. The van der Waals surface area contributed by atoms with Crippen LogP contribution in [0.3, 0.4) is 0 Å². The number of fused-ring (bicyclic) bond motifs is 1. The fourth-order valence-electron chi connectivity index (χ4n) is 3.30. The van der Waals surface area contributed by atoms with Crippen molar-refractivity contribution in [3.63, 3.8) is 0 Å². The zero-order valence-electron chi connectivity index (χ0n) is 16.3. The molecular weight excluding hydrogens is 448 g/mol. The van der Waals surface area contributed by atoms with Crippen LogP contribution in [0, 0.1) is 6.92 Å². The number of aryl methyl sites for hydroxylation is 1. The van der Waals surface area contributed by atoms with Gasteiger partial charge in [0, 0.05) is 16.1 Å². The van der Waals surface area contributed by atoms with Crippen molar-refractivity contribution in [2.75, 3.05) is 7.11 Å². The van der Waals surface area contributed by atoms with Crippen LogP contribution in [0.15, 0.2) is 80.4 Å².